The van der Waals surface area contributed by atoms with E-state index in [9.17, 15) is 18.0 Å². The number of hydrogen-bond donors (Lipinski definition) is 1. The van der Waals surface area contributed by atoms with Gasteiger partial charge in [0.25, 0.3) is 0 Å². The maximum atomic E-state index is 12.4. The highest BCUT2D eigenvalue weighted by atomic mass is 32.1. The van der Waals surface area contributed by atoms with E-state index in [1.54, 1.807) is 11.8 Å². The van der Waals surface area contributed by atoms with Crippen LogP contribution in [0.1, 0.15) is 20.3 Å². The fourth-order valence-corrected chi connectivity index (χ4v) is 2.37. The largest absolute Gasteiger partial charge is 0.401 e. The molecule has 0 aromatic carbocycles. The van der Waals surface area contributed by atoms with Crippen molar-refractivity contribution in [2.24, 2.45) is 11.1 Å². The van der Waals surface area contributed by atoms with Crippen LogP contribution in [0, 0.1) is 5.41 Å². The fourth-order valence-electron chi connectivity index (χ4n) is 2.14. The molecule has 1 heterocycles. The first kappa shape index (κ1) is 17.2. The molecule has 0 aromatic rings. The topological polar surface area (TPSA) is 49.6 Å². The average molecular weight is 311 g/mol. The van der Waals surface area contributed by atoms with Crippen LogP contribution in [0.3, 0.4) is 0 Å². The normalized spacial score (nSPS) is 20.6. The Bertz CT molecular complexity index is 381. The van der Waals surface area contributed by atoms with E-state index < -0.39 is 18.1 Å². The zero-order valence-corrected chi connectivity index (χ0v) is 12.5. The van der Waals surface area contributed by atoms with Crippen LogP contribution >= 0.6 is 12.2 Å². The summed E-state index contributed by atoms with van der Waals surface area (Å²) in [5.74, 6) is -0.195. The number of carbonyl (C=O) groups excluding carboxylic acids is 1. The molecular formula is C12H20F3N3OS. The Labute approximate surface area is 122 Å². The molecule has 1 saturated heterocycles. The van der Waals surface area contributed by atoms with E-state index in [0.29, 0.717) is 6.42 Å². The molecule has 20 heavy (non-hydrogen) atoms. The van der Waals surface area contributed by atoms with Gasteiger partial charge in [0.1, 0.15) is 0 Å². The first-order valence-corrected chi connectivity index (χ1v) is 6.89. The Morgan fingerprint density at radius 3 is 2.10 bits per heavy atom. The molecule has 0 radical (unpaired) electrons. The predicted molar refractivity (Wildman–Crippen MR) is 74.3 cm³/mol. The molecule has 1 unspecified atom stereocenters. The maximum Gasteiger partial charge on any atom is 0.401 e. The average Bonchev–Trinajstić information content (AvgIpc) is 2.35. The number of hydrogen-bond acceptors (Lipinski definition) is 3. The van der Waals surface area contributed by atoms with Gasteiger partial charge in [0.05, 0.1) is 16.9 Å². The minimum absolute atomic E-state index is 0.128. The quantitative estimate of drug-likeness (QED) is 0.797. The number of amides is 1. The summed E-state index contributed by atoms with van der Waals surface area (Å²) in [7, 11) is 0. The van der Waals surface area contributed by atoms with Gasteiger partial charge in [0.2, 0.25) is 5.91 Å². The predicted octanol–water partition coefficient (Wildman–Crippen LogP) is 1.40. The summed E-state index contributed by atoms with van der Waals surface area (Å²) in [5.41, 5.74) is 4.71. The lowest BCUT2D eigenvalue weighted by atomic mass is 9.85. The number of rotatable bonds is 4. The minimum atomic E-state index is -4.21. The molecule has 1 fully saturated rings. The van der Waals surface area contributed by atoms with E-state index in [0.717, 1.165) is 0 Å². The summed E-state index contributed by atoms with van der Waals surface area (Å²) in [6.45, 7) is 3.52. The second-order valence-electron chi connectivity index (χ2n) is 5.23. The molecule has 0 spiro atoms. The van der Waals surface area contributed by atoms with Crippen molar-refractivity contribution in [2.75, 3.05) is 32.7 Å². The van der Waals surface area contributed by atoms with Crippen LogP contribution in [0.25, 0.3) is 0 Å². The molecule has 4 nitrogen and oxygen atoms in total. The SMILES string of the molecule is CCC(C)(C(=O)N1CCN(CC(F)(F)F)CC1)C(N)=S. The lowest BCUT2D eigenvalue weighted by Gasteiger charge is -2.39. The highest BCUT2D eigenvalue weighted by Gasteiger charge is 2.40. The molecule has 1 amide bonds. The molecule has 0 aromatic heterocycles. The molecule has 0 aliphatic carbocycles. The Kier molecular flexibility index (Phi) is 5.37. The maximum absolute atomic E-state index is 12.4. The molecular weight excluding hydrogens is 291 g/mol. The van der Waals surface area contributed by atoms with Crippen molar-refractivity contribution < 1.29 is 18.0 Å². The standard InChI is InChI=1S/C12H20F3N3OS/c1-3-11(2,9(16)20)10(19)18-6-4-17(5-7-18)8-12(13,14)15/h3-8H2,1-2H3,(H2,16,20). The van der Waals surface area contributed by atoms with E-state index in [1.807, 2.05) is 6.92 Å². The van der Waals surface area contributed by atoms with Gasteiger partial charge in [-0.3, -0.25) is 9.69 Å². The number of thiocarbonyl (C=S) groups is 1. The van der Waals surface area contributed by atoms with Crippen LogP contribution in [-0.4, -0.2) is 59.6 Å². The summed E-state index contributed by atoms with van der Waals surface area (Å²) in [6, 6.07) is 0. The molecule has 1 aliphatic heterocycles. The van der Waals surface area contributed by atoms with Crippen molar-refractivity contribution in [1.82, 2.24) is 9.80 Å². The first-order chi connectivity index (χ1) is 9.10. The monoisotopic (exact) mass is 311 g/mol. The van der Waals surface area contributed by atoms with Crippen molar-refractivity contribution >= 4 is 23.1 Å². The van der Waals surface area contributed by atoms with Crippen molar-refractivity contribution in [2.45, 2.75) is 26.4 Å². The third kappa shape index (κ3) is 4.05. The van der Waals surface area contributed by atoms with Crippen molar-refractivity contribution in [3.8, 4) is 0 Å². The first-order valence-electron chi connectivity index (χ1n) is 6.48. The highest BCUT2D eigenvalue weighted by molar-refractivity contribution is 7.80. The summed E-state index contributed by atoms with van der Waals surface area (Å²) in [5, 5.41) is 0. The van der Waals surface area contributed by atoms with Crippen LogP contribution < -0.4 is 5.73 Å². The fraction of sp³-hybridized carbons (Fsp3) is 0.833. The van der Waals surface area contributed by atoms with Crippen LogP contribution in [0.5, 0.6) is 0 Å². The van der Waals surface area contributed by atoms with Crippen molar-refractivity contribution in [1.29, 1.82) is 0 Å². The zero-order valence-electron chi connectivity index (χ0n) is 11.7. The summed E-state index contributed by atoms with van der Waals surface area (Å²) in [6.07, 6.45) is -3.73. The van der Waals surface area contributed by atoms with Crippen molar-refractivity contribution in [3.63, 3.8) is 0 Å². The second-order valence-corrected chi connectivity index (χ2v) is 5.67. The smallest absolute Gasteiger partial charge is 0.392 e. The number of halogens is 3. The van der Waals surface area contributed by atoms with Gasteiger partial charge in [0.15, 0.2) is 0 Å². The van der Waals surface area contributed by atoms with Gasteiger partial charge in [-0.05, 0) is 13.3 Å². The number of piperazine rings is 1. The summed E-state index contributed by atoms with van der Waals surface area (Å²) >= 11 is 4.94. The van der Waals surface area contributed by atoms with E-state index in [-0.39, 0.29) is 37.1 Å². The van der Waals surface area contributed by atoms with Gasteiger partial charge in [-0.25, -0.2) is 0 Å². The number of carbonyl (C=O) groups is 1. The van der Waals surface area contributed by atoms with Crippen molar-refractivity contribution in [3.05, 3.63) is 0 Å². The highest BCUT2D eigenvalue weighted by Crippen LogP contribution is 2.26. The molecule has 1 atom stereocenters. The molecule has 116 valence electrons. The van der Waals surface area contributed by atoms with E-state index in [2.05, 4.69) is 0 Å². The molecule has 2 N–H and O–H groups in total. The lowest BCUT2D eigenvalue weighted by Crippen LogP contribution is -2.56. The third-order valence-electron chi connectivity index (χ3n) is 3.79. The number of nitrogens with two attached hydrogens (primary N) is 1. The summed E-state index contributed by atoms with van der Waals surface area (Å²) < 4.78 is 36.9. The Morgan fingerprint density at radius 2 is 1.75 bits per heavy atom. The van der Waals surface area contributed by atoms with Gasteiger partial charge in [0, 0.05) is 26.2 Å². The van der Waals surface area contributed by atoms with Crippen LogP contribution in [-0.2, 0) is 4.79 Å². The van der Waals surface area contributed by atoms with E-state index >= 15 is 0 Å². The Balaban J connectivity index is 2.61. The van der Waals surface area contributed by atoms with Crippen LogP contribution in [0.4, 0.5) is 13.2 Å². The molecule has 0 saturated carbocycles. The van der Waals surface area contributed by atoms with E-state index in [4.69, 9.17) is 18.0 Å². The van der Waals surface area contributed by atoms with Gasteiger partial charge >= 0.3 is 6.18 Å². The molecule has 8 heteroatoms. The van der Waals surface area contributed by atoms with Crippen LogP contribution in [0.15, 0.2) is 0 Å². The third-order valence-corrected chi connectivity index (χ3v) is 4.24. The second kappa shape index (κ2) is 6.26. The number of alkyl halides is 3. The lowest BCUT2D eigenvalue weighted by molar-refractivity contribution is -0.153. The Hall–Kier alpha value is -0.890. The number of nitrogens with zero attached hydrogens (tertiary/aromatic N) is 2. The molecule has 0 bridgehead atoms. The summed E-state index contributed by atoms with van der Waals surface area (Å²) in [4.78, 5) is 15.4. The molecule has 1 aliphatic rings. The minimum Gasteiger partial charge on any atom is -0.392 e. The van der Waals surface area contributed by atoms with Gasteiger partial charge in [-0.15, -0.1) is 0 Å². The Morgan fingerprint density at radius 1 is 1.25 bits per heavy atom. The molecule has 1 rings (SSSR count). The van der Waals surface area contributed by atoms with Gasteiger partial charge in [-0.2, -0.15) is 13.2 Å². The van der Waals surface area contributed by atoms with Gasteiger partial charge in [-0.1, -0.05) is 19.1 Å². The zero-order chi connectivity index (χ0) is 15.6. The van der Waals surface area contributed by atoms with Gasteiger partial charge < -0.3 is 10.6 Å². The van der Waals surface area contributed by atoms with E-state index in [1.165, 1.54) is 4.90 Å². The van der Waals surface area contributed by atoms with Crippen LogP contribution in [0.2, 0.25) is 0 Å².